The van der Waals surface area contributed by atoms with Gasteiger partial charge in [-0.2, -0.15) is 0 Å². The van der Waals surface area contributed by atoms with E-state index in [1.165, 1.54) is 12.1 Å². The van der Waals surface area contributed by atoms with E-state index < -0.39 is 12.2 Å². The number of carbonyl (C=O) groups is 3. The van der Waals surface area contributed by atoms with E-state index in [4.69, 9.17) is 4.74 Å². The molecular formula is C51H56N6O7. The number of phenols is 1. The zero-order valence-electron chi connectivity index (χ0n) is 36.1. The summed E-state index contributed by atoms with van der Waals surface area (Å²) >= 11 is 0. The summed E-state index contributed by atoms with van der Waals surface area (Å²) in [6, 6.07) is 39.4. The van der Waals surface area contributed by atoms with Crippen LogP contribution in [0.3, 0.4) is 0 Å². The first-order valence-corrected chi connectivity index (χ1v) is 21.9. The van der Waals surface area contributed by atoms with Crippen LogP contribution in [0.4, 0.5) is 16.2 Å². The van der Waals surface area contributed by atoms with Gasteiger partial charge >= 0.3 is 6.09 Å². The molecule has 332 valence electrons. The van der Waals surface area contributed by atoms with Crippen LogP contribution in [-0.2, 0) is 33.6 Å². The van der Waals surface area contributed by atoms with E-state index in [9.17, 15) is 29.4 Å². The van der Waals surface area contributed by atoms with Crippen molar-refractivity contribution in [2.75, 3.05) is 56.5 Å². The summed E-state index contributed by atoms with van der Waals surface area (Å²) in [5.74, 6) is -0.110. The van der Waals surface area contributed by atoms with Crippen molar-refractivity contribution >= 4 is 40.2 Å². The number of amides is 3. The lowest BCUT2D eigenvalue weighted by molar-refractivity contribution is -0.120. The molecule has 1 aromatic heterocycles. The lowest BCUT2D eigenvalue weighted by Gasteiger charge is -2.31. The molecule has 13 nitrogen and oxygen atoms in total. The minimum absolute atomic E-state index is 0.00173. The molecule has 6 N–H and O–H groups in total. The number of aliphatic hydroxyl groups excluding tert-OH is 1. The Hall–Kier alpha value is -6.80. The monoisotopic (exact) mass is 864 g/mol. The normalized spacial score (nSPS) is 13.6. The van der Waals surface area contributed by atoms with Gasteiger partial charge in [0.15, 0.2) is 0 Å². The van der Waals surface area contributed by atoms with Crippen LogP contribution in [-0.4, -0.2) is 90.4 Å². The first-order chi connectivity index (χ1) is 31.1. The van der Waals surface area contributed by atoms with Gasteiger partial charge in [-0.15, -0.1) is 0 Å². The van der Waals surface area contributed by atoms with E-state index in [-0.39, 0.29) is 35.6 Å². The average molecular weight is 865 g/mol. The molecule has 13 heteroatoms. The standard InChI is InChI=1S/C51H56N6O7/c1-56(49(62)27-32-57-30-25-40(26-31-57)64-51(63)54-44-10-6-5-9-41(44)38-7-3-2-4-8-38)39-17-15-37(16-18-39)33-48(61)53-29-24-36-13-11-35(12-14-36)23-28-52-34-46(59)42-19-21-45(58)50-43(42)20-22-47(60)55-50/h2-22,40,46,52,58-59H,23-34H2,1H3,(H,53,61)(H,54,63)(H,55,60)/t46-/m0/s1. The number of piperidine rings is 1. The number of carbonyl (C=O) groups excluding carboxylic acids is 3. The van der Waals surface area contributed by atoms with Crippen LogP contribution in [0.1, 0.15) is 47.6 Å². The van der Waals surface area contributed by atoms with E-state index in [2.05, 4.69) is 50.1 Å². The number of H-pyrrole nitrogens is 1. The van der Waals surface area contributed by atoms with Crippen molar-refractivity contribution in [1.29, 1.82) is 0 Å². The van der Waals surface area contributed by atoms with Crippen molar-refractivity contribution in [3.63, 3.8) is 0 Å². The molecular weight excluding hydrogens is 809 g/mol. The molecule has 0 spiro atoms. The summed E-state index contributed by atoms with van der Waals surface area (Å²) in [7, 11) is 1.77. The molecule has 64 heavy (non-hydrogen) atoms. The Morgan fingerprint density at radius 1 is 0.812 bits per heavy atom. The number of pyridine rings is 1. The van der Waals surface area contributed by atoms with Gasteiger partial charge in [0.05, 0.1) is 23.7 Å². The third-order valence-corrected chi connectivity index (χ3v) is 11.7. The Balaban J connectivity index is 0.752. The molecule has 1 aliphatic heterocycles. The van der Waals surface area contributed by atoms with Gasteiger partial charge < -0.3 is 40.4 Å². The number of anilines is 2. The fourth-order valence-electron chi connectivity index (χ4n) is 8.00. The number of ether oxygens (including phenoxy) is 1. The molecule has 2 heterocycles. The number of nitrogens with one attached hydrogen (secondary N) is 4. The van der Waals surface area contributed by atoms with Crippen molar-refractivity contribution in [1.82, 2.24) is 20.5 Å². The fourth-order valence-corrected chi connectivity index (χ4v) is 8.00. The zero-order chi connectivity index (χ0) is 44.8. The highest BCUT2D eigenvalue weighted by Gasteiger charge is 2.24. The SMILES string of the molecule is CN(C(=O)CCN1CCC(OC(=O)Nc2ccccc2-c2ccccc2)CC1)c1ccc(CC(=O)NCCc2ccc(CCNC[C@H](O)c3ccc(O)c4[nH]c(=O)ccc34)cc2)cc1. The summed E-state index contributed by atoms with van der Waals surface area (Å²) in [5.41, 5.74) is 7.14. The van der Waals surface area contributed by atoms with Crippen LogP contribution >= 0.6 is 0 Å². The maximum Gasteiger partial charge on any atom is 0.411 e. The third-order valence-electron chi connectivity index (χ3n) is 11.7. The molecule has 1 saturated heterocycles. The van der Waals surface area contributed by atoms with Crippen LogP contribution in [0.2, 0.25) is 0 Å². The van der Waals surface area contributed by atoms with E-state index in [0.29, 0.717) is 74.0 Å². The minimum Gasteiger partial charge on any atom is -0.506 e. The molecule has 0 bridgehead atoms. The van der Waals surface area contributed by atoms with E-state index in [1.54, 1.807) is 24.1 Å². The van der Waals surface area contributed by atoms with Gasteiger partial charge in [-0.3, -0.25) is 19.7 Å². The van der Waals surface area contributed by atoms with Crippen molar-refractivity contribution in [2.45, 2.75) is 50.7 Å². The van der Waals surface area contributed by atoms with Crippen LogP contribution in [0.25, 0.3) is 22.0 Å². The van der Waals surface area contributed by atoms with Gasteiger partial charge in [0.1, 0.15) is 11.9 Å². The van der Waals surface area contributed by atoms with Crippen molar-refractivity contribution in [3.05, 3.63) is 160 Å². The Kier molecular flexibility index (Phi) is 15.6. The maximum absolute atomic E-state index is 13.1. The van der Waals surface area contributed by atoms with Crippen LogP contribution in [0.5, 0.6) is 5.75 Å². The van der Waals surface area contributed by atoms with Crippen molar-refractivity contribution in [2.24, 2.45) is 0 Å². The van der Waals surface area contributed by atoms with E-state index in [1.807, 2.05) is 78.9 Å². The largest absolute Gasteiger partial charge is 0.506 e. The van der Waals surface area contributed by atoms with Gasteiger partial charge in [0, 0.05) is 68.9 Å². The second-order valence-electron chi connectivity index (χ2n) is 16.2. The van der Waals surface area contributed by atoms with Gasteiger partial charge in [-0.1, -0.05) is 91.0 Å². The minimum atomic E-state index is -0.817. The molecule has 5 aromatic carbocycles. The first-order valence-electron chi connectivity index (χ1n) is 21.9. The number of hydrogen-bond donors (Lipinski definition) is 6. The summed E-state index contributed by atoms with van der Waals surface area (Å²) in [6.07, 6.45) is 1.99. The molecule has 1 atom stereocenters. The number of aliphatic hydroxyl groups is 1. The number of para-hydroxylation sites is 1. The summed E-state index contributed by atoms with van der Waals surface area (Å²) in [4.78, 5) is 56.9. The highest BCUT2D eigenvalue weighted by Crippen LogP contribution is 2.30. The smallest absolute Gasteiger partial charge is 0.411 e. The van der Waals surface area contributed by atoms with E-state index >= 15 is 0 Å². The number of benzene rings is 5. The lowest BCUT2D eigenvalue weighted by atomic mass is 10.0. The summed E-state index contributed by atoms with van der Waals surface area (Å²) < 4.78 is 5.77. The number of aromatic nitrogens is 1. The Morgan fingerprint density at radius 3 is 2.22 bits per heavy atom. The number of aromatic amines is 1. The molecule has 3 amide bonds. The summed E-state index contributed by atoms with van der Waals surface area (Å²) in [5, 5.41) is 30.7. The molecule has 7 rings (SSSR count). The molecule has 0 radical (unpaired) electrons. The molecule has 1 aliphatic rings. The number of rotatable bonds is 18. The molecule has 0 saturated carbocycles. The number of likely N-dealkylation sites (tertiary alicyclic amines) is 1. The zero-order valence-corrected chi connectivity index (χ0v) is 36.1. The average Bonchev–Trinajstić information content (AvgIpc) is 3.31. The Morgan fingerprint density at radius 2 is 1.48 bits per heavy atom. The molecule has 1 fully saturated rings. The highest BCUT2D eigenvalue weighted by molar-refractivity contribution is 5.93. The van der Waals surface area contributed by atoms with Gasteiger partial charge in [0.25, 0.3) is 0 Å². The Labute approximate surface area is 373 Å². The van der Waals surface area contributed by atoms with Gasteiger partial charge in [0.2, 0.25) is 17.4 Å². The van der Waals surface area contributed by atoms with Crippen LogP contribution in [0.15, 0.2) is 132 Å². The predicted octanol–water partition coefficient (Wildman–Crippen LogP) is 6.73. The second-order valence-corrected chi connectivity index (χ2v) is 16.2. The van der Waals surface area contributed by atoms with Crippen molar-refractivity contribution < 1.29 is 29.3 Å². The number of aromatic hydroxyl groups is 1. The van der Waals surface area contributed by atoms with Crippen molar-refractivity contribution in [3.8, 4) is 16.9 Å². The van der Waals surface area contributed by atoms with Gasteiger partial charge in [-0.25, -0.2) is 4.79 Å². The number of phenolic OH excluding ortho intramolecular Hbond substituents is 1. The highest BCUT2D eigenvalue weighted by atomic mass is 16.6. The quantitative estimate of drug-likeness (QED) is 0.0512. The number of nitrogens with zero attached hydrogens (tertiary/aromatic N) is 2. The topological polar surface area (TPSA) is 176 Å². The van der Waals surface area contributed by atoms with Crippen LogP contribution < -0.4 is 26.4 Å². The third kappa shape index (κ3) is 12.4. The number of fused-ring (bicyclic) bond motifs is 1. The predicted molar refractivity (Wildman–Crippen MR) is 251 cm³/mol. The van der Waals surface area contributed by atoms with Gasteiger partial charge in [-0.05, 0) is 90.4 Å². The summed E-state index contributed by atoms with van der Waals surface area (Å²) in [6.45, 7) is 3.57. The first kappa shape index (κ1) is 45.2. The Bertz CT molecular complexity index is 2560. The second kappa shape index (κ2) is 22.0. The number of hydrogen-bond acceptors (Lipinski definition) is 9. The molecule has 0 aliphatic carbocycles. The fraction of sp³-hybridized carbons (Fsp3) is 0.294. The maximum atomic E-state index is 13.1. The lowest BCUT2D eigenvalue weighted by Crippen LogP contribution is -2.40. The molecule has 6 aromatic rings. The van der Waals surface area contributed by atoms with E-state index in [0.717, 1.165) is 53.0 Å². The molecule has 0 unspecified atom stereocenters. The van der Waals surface area contributed by atoms with Crippen LogP contribution in [0, 0.1) is 0 Å².